The summed E-state index contributed by atoms with van der Waals surface area (Å²) < 4.78 is 0.962. The van der Waals surface area contributed by atoms with E-state index in [0.29, 0.717) is 10.6 Å². The van der Waals surface area contributed by atoms with Crippen molar-refractivity contribution in [1.82, 2.24) is 4.98 Å². The van der Waals surface area contributed by atoms with Crippen molar-refractivity contribution in [3.63, 3.8) is 0 Å². The summed E-state index contributed by atoms with van der Waals surface area (Å²) in [5.41, 5.74) is 0.665. The second-order valence-corrected chi connectivity index (χ2v) is 6.56. The summed E-state index contributed by atoms with van der Waals surface area (Å²) in [6, 6.07) is 1.94. The summed E-state index contributed by atoms with van der Waals surface area (Å²) in [4.78, 5) is 16.9. The third-order valence-corrected chi connectivity index (χ3v) is 5.26. The van der Waals surface area contributed by atoms with Crippen molar-refractivity contribution in [2.24, 2.45) is 0 Å². The summed E-state index contributed by atoms with van der Waals surface area (Å²) in [5.74, 6) is -0.782. The average Bonchev–Trinajstić information content (AvgIpc) is 2.82. The molecule has 90 valence electrons. The summed E-state index contributed by atoms with van der Waals surface area (Å²) in [6.45, 7) is 3.91. The highest BCUT2D eigenvalue weighted by Gasteiger charge is 2.21. The van der Waals surface area contributed by atoms with Gasteiger partial charge in [0.1, 0.15) is 9.88 Å². The van der Waals surface area contributed by atoms with Gasteiger partial charge in [0.2, 0.25) is 0 Å². The maximum absolute atomic E-state index is 11.2. The number of carboxylic acid groups (broad SMARTS) is 1. The lowest BCUT2D eigenvalue weighted by Gasteiger charge is -2.00. The van der Waals surface area contributed by atoms with Crippen LogP contribution in [0, 0.1) is 0 Å². The standard InChI is InChI=1S/C11H10BrNO2S2/c1-5(2)7-9(11(14)15)17-10(13-7)8-6(12)3-4-16-8/h3-5H,1-2H3,(H,14,15). The topological polar surface area (TPSA) is 50.2 Å². The van der Waals surface area contributed by atoms with E-state index >= 15 is 0 Å². The Morgan fingerprint density at radius 3 is 2.65 bits per heavy atom. The second kappa shape index (κ2) is 4.88. The summed E-state index contributed by atoms with van der Waals surface area (Å²) >= 11 is 6.23. The number of aromatic nitrogens is 1. The van der Waals surface area contributed by atoms with Crippen LogP contribution in [0.5, 0.6) is 0 Å². The first-order valence-corrected chi connectivity index (χ1v) is 7.47. The zero-order valence-corrected chi connectivity index (χ0v) is 12.4. The fourth-order valence-corrected chi connectivity index (χ4v) is 4.28. The van der Waals surface area contributed by atoms with Gasteiger partial charge in [-0.05, 0) is 33.3 Å². The highest BCUT2D eigenvalue weighted by atomic mass is 79.9. The molecule has 3 nitrogen and oxygen atoms in total. The zero-order valence-electron chi connectivity index (χ0n) is 9.23. The minimum atomic E-state index is -0.898. The van der Waals surface area contributed by atoms with Crippen molar-refractivity contribution in [2.75, 3.05) is 0 Å². The van der Waals surface area contributed by atoms with Crippen LogP contribution in [-0.2, 0) is 0 Å². The number of nitrogens with zero attached hydrogens (tertiary/aromatic N) is 1. The number of hydrogen-bond acceptors (Lipinski definition) is 4. The van der Waals surface area contributed by atoms with E-state index < -0.39 is 5.97 Å². The minimum absolute atomic E-state index is 0.116. The molecule has 0 aliphatic heterocycles. The molecule has 0 amide bonds. The number of aromatic carboxylic acids is 1. The molecular weight excluding hydrogens is 322 g/mol. The van der Waals surface area contributed by atoms with Crippen molar-refractivity contribution < 1.29 is 9.90 Å². The number of rotatable bonds is 3. The van der Waals surface area contributed by atoms with Gasteiger partial charge in [-0.2, -0.15) is 0 Å². The van der Waals surface area contributed by atoms with Crippen LogP contribution in [-0.4, -0.2) is 16.1 Å². The summed E-state index contributed by atoms with van der Waals surface area (Å²) in [6.07, 6.45) is 0. The highest BCUT2D eigenvalue weighted by molar-refractivity contribution is 9.10. The molecule has 0 saturated heterocycles. The van der Waals surface area contributed by atoms with Crippen molar-refractivity contribution in [3.05, 3.63) is 26.5 Å². The van der Waals surface area contributed by atoms with E-state index in [-0.39, 0.29) is 5.92 Å². The van der Waals surface area contributed by atoms with E-state index in [1.165, 1.54) is 11.3 Å². The number of thiazole rings is 1. The lowest BCUT2D eigenvalue weighted by Crippen LogP contribution is -2.00. The molecule has 0 aromatic carbocycles. The minimum Gasteiger partial charge on any atom is -0.477 e. The number of halogens is 1. The van der Waals surface area contributed by atoms with E-state index in [2.05, 4.69) is 20.9 Å². The van der Waals surface area contributed by atoms with Crippen molar-refractivity contribution in [2.45, 2.75) is 19.8 Å². The third-order valence-electron chi connectivity index (χ3n) is 2.21. The molecule has 0 unspecified atom stereocenters. The Balaban J connectivity index is 2.55. The van der Waals surface area contributed by atoms with Crippen molar-refractivity contribution in [3.8, 4) is 9.88 Å². The van der Waals surface area contributed by atoms with Gasteiger partial charge in [-0.25, -0.2) is 9.78 Å². The molecule has 0 atom stereocenters. The van der Waals surface area contributed by atoms with Crippen LogP contribution in [0.15, 0.2) is 15.9 Å². The third kappa shape index (κ3) is 2.43. The second-order valence-electron chi connectivity index (χ2n) is 3.79. The number of hydrogen-bond donors (Lipinski definition) is 1. The van der Waals surface area contributed by atoms with Gasteiger partial charge in [0.25, 0.3) is 0 Å². The molecule has 0 aliphatic carbocycles. The highest BCUT2D eigenvalue weighted by Crippen LogP contribution is 2.38. The fourth-order valence-electron chi connectivity index (χ4n) is 1.42. The van der Waals surface area contributed by atoms with Crippen LogP contribution in [0.2, 0.25) is 0 Å². The first kappa shape index (κ1) is 12.7. The maximum Gasteiger partial charge on any atom is 0.347 e. The van der Waals surface area contributed by atoms with Crippen LogP contribution in [0.1, 0.15) is 35.1 Å². The van der Waals surface area contributed by atoms with Gasteiger partial charge in [-0.1, -0.05) is 13.8 Å². The molecular formula is C11H10BrNO2S2. The van der Waals surface area contributed by atoms with E-state index in [0.717, 1.165) is 14.4 Å². The van der Waals surface area contributed by atoms with Crippen molar-refractivity contribution >= 4 is 44.6 Å². The molecule has 2 rings (SSSR count). The van der Waals surface area contributed by atoms with Gasteiger partial charge in [0, 0.05) is 4.47 Å². The first-order valence-electron chi connectivity index (χ1n) is 4.98. The molecule has 0 bridgehead atoms. The molecule has 2 aromatic heterocycles. The van der Waals surface area contributed by atoms with E-state index in [9.17, 15) is 4.79 Å². The van der Waals surface area contributed by atoms with Crippen LogP contribution in [0.4, 0.5) is 0 Å². The Labute approximate surface area is 115 Å². The molecule has 2 heterocycles. The van der Waals surface area contributed by atoms with E-state index in [1.54, 1.807) is 11.3 Å². The Bertz CT molecular complexity index is 560. The van der Waals surface area contributed by atoms with Gasteiger partial charge < -0.3 is 5.11 Å². The summed E-state index contributed by atoms with van der Waals surface area (Å²) in [5, 5.41) is 11.9. The van der Waals surface area contributed by atoms with Crippen LogP contribution < -0.4 is 0 Å². The first-order chi connectivity index (χ1) is 8.00. The average molecular weight is 332 g/mol. The Morgan fingerprint density at radius 1 is 1.53 bits per heavy atom. The van der Waals surface area contributed by atoms with Gasteiger partial charge in [-0.15, -0.1) is 22.7 Å². The van der Waals surface area contributed by atoms with Gasteiger partial charge in [-0.3, -0.25) is 0 Å². The summed E-state index contributed by atoms with van der Waals surface area (Å²) in [7, 11) is 0. The fraction of sp³-hybridized carbons (Fsp3) is 0.273. The largest absolute Gasteiger partial charge is 0.477 e. The predicted molar refractivity (Wildman–Crippen MR) is 74.2 cm³/mol. The van der Waals surface area contributed by atoms with Gasteiger partial charge in [0.05, 0.1) is 10.6 Å². The molecule has 0 radical (unpaired) electrons. The monoisotopic (exact) mass is 331 g/mol. The normalized spacial score (nSPS) is 11.1. The molecule has 2 aromatic rings. The lowest BCUT2D eigenvalue weighted by atomic mass is 10.1. The SMILES string of the molecule is CC(C)c1nc(-c2sccc2Br)sc1C(=O)O. The molecule has 17 heavy (non-hydrogen) atoms. The lowest BCUT2D eigenvalue weighted by molar-refractivity contribution is 0.0700. The van der Waals surface area contributed by atoms with E-state index in [4.69, 9.17) is 5.11 Å². The Morgan fingerprint density at radius 2 is 2.24 bits per heavy atom. The molecule has 1 N–H and O–H groups in total. The molecule has 0 fully saturated rings. The number of carbonyl (C=O) groups is 1. The molecule has 0 aliphatic rings. The van der Waals surface area contributed by atoms with Crippen LogP contribution in [0.25, 0.3) is 9.88 Å². The van der Waals surface area contributed by atoms with Crippen molar-refractivity contribution in [1.29, 1.82) is 0 Å². The number of thiophene rings is 1. The number of carboxylic acids is 1. The van der Waals surface area contributed by atoms with Gasteiger partial charge in [0.15, 0.2) is 0 Å². The molecule has 0 spiro atoms. The quantitative estimate of drug-likeness (QED) is 0.903. The maximum atomic E-state index is 11.2. The van der Waals surface area contributed by atoms with E-state index in [1.807, 2.05) is 25.3 Å². The zero-order chi connectivity index (χ0) is 12.6. The van der Waals surface area contributed by atoms with Gasteiger partial charge >= 0.3 is 5.97 Å². The molecule has 0 saturated carbocycles. The predicted octanol–water partition coefficient (Wildman–Crippen LogP) is 4.46. The Hall–Kier alpha value is -0.720. The molecule has 6 heteroatoms. The van der Waals surface area contributed by atoms with Crippen LogP contribution in [0.3, 0.4) is 0 Å². The smallest absolute Gasteiger partial charge is 0.347 e. The van der Waals surface area contributed by atoms with Crippen LogP contribution >= 0.6 is 38.6 Å². The Kier molecular flexibility index (Phi) is 3.65.